The van der Waals surface area contributed by atoms with E-state index in [0.29, 0.717) is 5.95 Å². The molecule has 1 aliphatic rings. The number of nitrogens with zero attached hydrogens (tertiary/aromatic N) is 3. The molecule has 0 saturated carbocycles. The van der Waals surface area contributed by atoms with Crippen molar-refractivity contribution in [1.29, 1.82) is 0 Å². The second-order valence-corrected chi connectivity index (χ2v) is 6.42. The van der Waals surface area contributed by atoms with Crippen molar-refractivity contribution in [3.63, 3.8) is 0 Å². The van der Waals surface area contributed by atoms with Crippen LogP contribution in [0.25, 0.3) is 0 Å². The van der Waals surface area contributed by atoms with Crippen LogP contribution in [0.3, 0.4) is 0 Å². The Morgan fingerprint density at radius 1 is 1.08 bits per heavy atom. The summed E-state index contributed by atoms with van der Waals surface area (Å²) in [5.41, 5.74) is 3.71. The fourth-order valence-corrected chi connectivity index (χ4v) is 3.19. The van der Waals surface area contributed by atoms with E-state index in [0.717, 1.165) is 31.0 Å². The predicted molar refractivity (Wildman–Crippen MR) is 99.3 cm³/mol. The van der Waals surface area contributed by atoms with Crippen molar-refractivity contribution < 1.29 is 9.50 Å². The van der Waals surface area contributed by atoms with Crippen LogP contribution in [0.1, 0.15) is 16.8 Å². The van der Waals surface area contributed by atoms with E-state index in [1.165, 1.54) is 29.3 Å². The number of aryl methyl sites for hydroxylation is 1. The number of aromatic hydroxyl groups is 1. The third-order valence-electron chi connectivity index (χ3n) is 4.50. The standard InChI is InChI=1S/C20H19FN4O/c1-13-10-19(25-9-8-14-4-2-3-5-15(14)12-25)24-20(22-13)23-17-11-16(21)6-7-18(17)26/h2-7,10-11,26H,8-9,12H2,1H3,(H,22,23,24). The second-order valence-electron chi connectivity index (χ2n) is 6.42. The quantitative estimate of drug-likeness (QED) is 0.701. The number of fused-ring (bicyclic) bond motifs is 1. The van der Waals surface area contributed by atoms with Gasteiger partial charge in [-0.05, 0) is 36.6 Å². The van der Waals surface area contributed by atoms with Crippen molar-refractivity contribution in [2.45, 2.75) is 19.9 Å². The molecule has 1 aliphatic heterocycles. The summed E-state index contributed by atoms with van der Waals surface area (Å²) in [5.74, 6) is 0.654. The Balaban J connectivity index is 1.62. The normalized spacial score (nSPS) is 13.4. The first-order chi connectivity index (χ1) is 12.6. The van der Waals surface area contributed by atoms with Gasteiger partial charge in [0.2, 0.25) is 5.95 Å². The number of nitrogens with one attached hydrogen (secondary N) is 1. The monoisotopic (exact) mass is 350 g/mol. The van der Waals surface area contributed by atoms with E-state index in [9.17, 15) is 9.50 Å². The number of rotatable bonds is 3. The van der Waals surface area contributed by atoms with Gasteiger partial charge in [-0.1, -0.05) is 24.3 Å². The Kier molecular flexibility index (Phi) is 4.16. The van der Waals surface area contributed by atoms with E-state index in [1.54, 1.807) is 0 Å². The molecular weight excluding hydrogens is 331 g/mol. The van der Waals surface area contributed by atoms with Gasteiger partial charge in [-0.2, -0.15) is 4.98 Å². The predicted octanol–water partition coefficient (Wildman–Crippen LogP) is 3.94. The van der Waals surface area contributed by atoms with Crippen LogP contribution >= 0.6 is 0 Å². The minimum atomic E-state index is -0.439. The van der Waals surface area contributed by atoms with Crippen LogP contribution in [-0.2, 0) is 13.0 Å². The molecular formula is C20H19FN4O. The second kappa shape index (κ2) is 6.63. The van der Waals surface area contributed by atoms with E-state index in [2.05, 4.69) is 38.4 Å². The lowest BCUT2D eigenvalue weighted by atomic mass is 10.00. The molecule has 0 unspecified atom stereocenters. The molecule has 0 amide bonds. The molecule has 2 N–H and O–H groups in total. The Morgan fingerprint density at radius 3 is 2.73 bits per heavy atom. The lowest BCUT2D eigenvalue weighted by Crippen LogP contribution is -2.31. The molecule has 5 nitrogen and oxygen atoms in total. The smallest absolute Gasteiger partial charge is 0.229 e. The third-order valence-corrected chi connectivity index (χ3v) is 4.50. The molecule has 0 saturated heterocycles. The molecule has 132 valence electrons. The van der Waals surface area contributed by atoms with E-state index in [4.69, 9.17) is 0 Å². The Labute approximate surface area is 151 Å². The number of hydrogen-bond donors (Lipinski definition) is 2. The number of halogens is 1. The van der Waals surface area contributed by atoms with Crippen LogP contribution in [0.2, 0.25) is 0 Å². The van der Waals surface area contributed by atoms with Crippen molar-refractivity contribution in [1.82, 2.24) is 9.97 Å². The number of hydrogen-bond acceptors (Lipinski definition) is 5. The first kappa shape index (κ1) is 16.3. The summed E-state index contributed by atoms with van der Waals surface area (Å²) in [5, 5.41) is 12.8. The van der Waals surface area contributed by atoms with Gasteiger partial charge >= 0.3 is 0 Å². The maximum atomic E-state index is 13.4. The molecule has 2 heterocycles. The lowest BCUT2D eigenvalue weighted by molar-refractivity contribution is 0.475. The molecule has 0 aliphatic carbocycles. The molecule has 0 atom stereocenters. The number of phenols is 1. The average molecular weight is 350 g/mol. The molecule has 0 fully saturated rings. The zero-order valence-corrected chi connectivity index (χ0v) is 14.4. The lowest BCUT2D eigenvalue weighted by Gasteiger charge is -2.30. The molecule has 26 heavy (non-hydrogen) atoms. The SMILES string of the molecule is Cc1cc(N2CCc3ccccc3C2)nc(Nc2cc(F)ccc2O)n1. The maximum absolute atomic E-state index is 13.4. The van der Waals surface area contributed by atoms with Crippen LogP contribution in [0.4, 0.5) is 21.8 Å². The van der Waals surface area contributed by atoms with Gasteiger partial charge < -0.3 is 15.3 Å². The first-order valence-electron chi connectivity index (χ1n) is 8.51. The fraction of sp³-hybridized carbons (Fsp3) is 0.200. The summed E-state index contributed by atoms with van der Waals surface area (Å²) in [6, 6.07) is 14.1. The van der Waals surface area contributed by atoms with Crippen LogP contribution < -0.4 is 10.2 Å². The van der Waals surface area contributed by atoms with Gasteiger partial charge in [0.05, 0.1) is 5.69 Å². The van der Waals surface area contributed by atoms with Gasteiger partial charge in [0.15, 0.2) is 0 Å². The van der Waals surface area contributed by atoms with Crippen LogP contribution in [0.15, 0.2) is 48.5 Å². The zero-order chi connectivity index (χ0) is 18.1. The minimum absolute atomic E-state index is 0.0510. The number of phenolic OH excluding ortho intramolecular Hbond substituents is 1. The first-order valence-corrected chi connectivity index (χ1v) is 8.51. The summed E-state index contributed by atoms with van der Waals surface area (Å²) in [6.45, 7) is 3.55. The van der Waals surface area contributed by atoms with Crippen molar-refractivity contribution >= 4 is 17.5 Å². The third kappa shape index (κ3) is 3.31. The van der Waals surface area contributed by atoms with Gasteiger partial charge in [0.25, 0.3) is 0 Å². The van der Waals surface area contributed by atoms with Gasteiger partial charge in [-0.3, -0.25) is 0 Å². The Hall–Kier alpha value is -3.15. The van der Waals surface area contributed by atoms with Crippen LogP contribution in [0, 0.1) is 12.7 Å². The molecule has 3 aromatic rings. The van der Waals surface area contributed by atoms with E-state index >= 15 is 0 Å². The van der Waals surface area contributed by atoms with Crippen molar-refractivity contribution in [3.8, 4) is 5.75 Å². The largest absolute Gasteiger partial charge is 0.506 e. The molecule has 0 spiro atoms. The topological polar surface area (TPSA) is 61.3 Å². The van der Waals surface area contributed by atoms with E-state index in [1.807, 2.05) is 19.1 Å². The van der Waals surface area contributed by atoms with Gasteiger partial charge in [-0.15, -0.1) is 0 Å². The molecule has 2 aromatic carbocycles. The van der Waals surface area contributed by atoms with Crippen molar-refractivity contribution in [2.75, 3.05) is 16.8 Å². The molecule has 0 bridgehead atoms. The summed E-state index contributed by atoms with van der Waals surface area (Å²) in [7, 11) is 0. The average Bonchev–Trinajstić information content (AvgIpc) is 2.64. The number of anilines is 3. The fourth-order valence-electron chi connectivity index (χ4n) is 3.19. The summed E-state index contributed by atoms with van der Waals surface area (Å²) >= 11 is 0. The highest BCUT2D eigenvalue weighted by molar-refractivity contribution is 5.63. The highest BCUT2D eigenvalue weighted by atomic mass is 19.1. The molecule has 0 radical (unpaired) electrons. The van der Waals surface area contributed by atoms with E-state index < -0.39 is 5.82 Å². The molecule has 6 heteroatoms. The Bertz CT molecular complexity index is 960. The number of benzene rings is 2. The molecule has 1 aromatic heterocycles. The summed E-state index contributed by atoms with van der Waals surface area (Å²) in [4.78, 5) is 11.1. The summed E-state index contributed by atoms with van der Waals surface area (Å²) in [6.07, 6.45) is 0.965. The van der Waals surface area contributed by atoms with Crippen molar-refractivity contribution in [3.05, 3.63) is 71.2 Å². The Morgan fingerprint density at radius 2 is 1.88 bits per heavy atom. The van der Waals surface area contributed by atoms with Gasteiger partial charge in [0.1, 0.15) is 17.4 Å². The van der Waals surface area contributed by atoms with E-state index in [-0.39, 0.29) is 11.4 Å². The summed E-state index contributed by atoms with van der Waals surface area (Å²) < 4.78 is 13.4. The van der Waals surface area contributed by atoms with Crippen LogP contribution in [-0.4, -0.2) is 21.6 Å². The van der Waals surface area contributed by atoms with Crippen LogP contribution in [0.5, 0.6) is 5.75 Å². The van der Waals surface area contributed by atoms with Crippen molar-refractivity contribution in [2.24, 2.45) is 0 Å². The minimum Gasteiger partial charge on any atom is -0.506 e. The zero-order valence-electron chi connectivity index (χ0n) is 14.4. The highest BCUT2D eigenvalue weighted by Crippen LogP contribution is 2.28. The number of aromatic nitrogens is 2. The van der Waals surface area contributed by atoms with Gasteiger partial charge in [-0.25, -0.2) is 9.37 Å². The molecule has 4 rings (SSSR count). The maximum Gasteiger partial charge on any atom is 0.229 e. The van der Waals surface area contributed by atoms with Gasteiger partial charge in [0, 0.05) is 30.9 Å². The highest BCUT2D eigenvalue weighted by Gasteiger charge is 2.18.